The van der Waals surface area contributed by atoms with Gasteiger partial charge in [0.05, 0.1) is 6.54 Å². The molecule has 19 heavy (non-hydrogen) atoms. The second-order valence-corrected chi connectivity index (χ2v) is 4.89. The smallest absolute Gasteiger partial charge is 0.210 e. The SMILES string of the molecule is O=CN1Cc2ccccc2C(O)(c2ccccc2)C1. The predicted octanol–water partition coefficient (Wildman–Crippen LogP) is 1.89. The minimum atomic E-state index is -1.13. The molecule has 0 saturated heterocycles. The molecule has 0 aliphatic carbocycles. The largest absolute Gasteiger partial charge is 0.379 e. The first kappa shape index (κ1) is 11.9. The Labute approximate surface area is 112 Å². The van der Waals surface area contributed by atoms with Gasteiger partial charge in [-0.2, -0.15) is 0 Å². The van der Waals surface area contributed by atoms with Crippen molar-refractivity contribution in [2.45, 2.75) is 12.1 Å². The van der Waals surface area contributed by atoms with Gasteiger partial charge in [0.25, 0.3) is 0 Å². The van der Waals surface area contributed by atoms with Crippen molar-refractivity contribution >= 4 is 6.41 Å². The molecular formula is C16H15NO2. The Morgan fingerprint density at radius 2 is 1.74 bits per heavy atom. The minimum absolute atomic E-state index is 0.289. The lowest BCUT2D eigenvalue weighted by molar-refractivity contribution is -0.122. The van der Waals surface area contributed by atoms with Crippen LogP contribution in [0.25, 0.3) is 0 Å². The molecule has 0 radical (unpaired) electrons. The number of rotatable bonds is 2. The normalized spacial score (nSPS) is 21.8. The van der Waals surface area contributed by atoms with E-state index < -0.39 is 5.60 Å². The van der Waals surface area contributed by atoms with E-state index in [-0.39, 0.29) is 6.54 Å². The fourth-order valence-corrected chi connectivity index (χ4v) is 2.75. The Morgan fingerprint density at radius 3 is 2.47 bits per heavy atom. The number of fused-ring (bicyclic) bond motifs is 1. The van der Waals surface area contributed by atoms with Gasteiger partial charge in [0.1, 0.15) is 5.60 Å². The van der Waals surface area contributed by atoms with E-state index in [1.54, 1.807) is 4.90 Å². The van der Waals surface area contributed by atoms with Crippen LogP contribution in [0.1, 0.15) is 16.7 Å². The predicted molar refractivity (Wildman–Crippen MR) is 72.4 cm³/mol. The van der Waals surface area contributed by atoms with Gasteiger partial charge in [0.15, 0.2) is 0 Å². The van der Waals surface area contributed by atoms with E-state index >= 15 is 0 Å². The zero-order valence-electron chi connectivity index (χ0n) is 10.5. The van der Waals surface area contributed by atoms with Crippen molar-refractivity contribution < 1.29 is 9.90 Å². The molecule has 0 spiro atoms. The molecule has 0 fully saturated rings. The number of carbonyl (C=O) groups is 1. The molecule has 2 aromatic carbocycles. The van der Waals surface area contributed by atoms with Crippen LogP contribution in [0.3, 0.4) is 0 Å². The number of hydrogen-bond donors (Lipinski definition) is 1. The fourth-order valence-electron chi connectivity index (χ4n) is 2.75. The number of carbonyl (C=O) groups excluding carboxylic acids is 1. The number of hydrogen-bond acceptors (Lipinski definition) is 2. The number of β-amino-alcohol motifs (C(OH)–C–C–N with tert-alkyl or cyclic N) is 1. The Kier molecular flexibility index (Phi) is 2.84. The van der Waals surface area contributed by atoms with E-state index in [4.69, 9.17) is 0 Å². The summed E-state index contributed by atoms with van der Waals surface area (Å²) in [6.07, 6.45) is 0.795. The minimum Gasteiger partial charge on any atom is -0.379 e. The Balaban J connectivity index is 2.17. The van der Waals surface area contributed by atoms with E-state index in [1.807, 2.05) is 54.6 Å². The molecule has 1 aliphatic rings. The first-order chi connectivity index (χ1) is 9.24. The molecule has 96 valence electrons. The zero-order chi connectivity index (χ0) is 13.3. The highest BCUT2D eigenvalue weighted by atomic mass is 16.3. The van der Waals surface area contributed by atoms with Crippen LogP contribution in [-0.2, 0) is 16.9 Å². The molecule has 3 nitrogen and oxygen atoms in total. The zero-order valence-corrected chi connectivity index (χ0v) is 10.5. The lowest BCUT2D eigenvalue weighted by Crippen LogP contribution is -2.45. The highest BCUT2D eigenvalue weighted by Gasteiger charge is 2.38. The third-order valence-electron chi connectivity index (χ3n) is 3.67. The van der Waals surface area contributed by atoms with Crippen LogP contribution in [0.5, 0.6) is 0 Å². The fraction of sp³-hybridized carbons (Fsp3) is 0.188. The van der Waals surface area contributed by atoms with Crippen LogP contribution in [-0.4, -0.2) is 23.0 Å². The molecule has 1 unspecified atom stereocenters. The molecule has 3 heteroatoms. The monoisotopic (exact) mass is 253 g/mol. The maximum Gasteiger partial charge on any atom is 0.210 e. The summed E-state index contributed by atoms with van der Waals surface area (Å²) in [6, 6.07) is 17.2. The van der Waals surface area contributed by atoms with Gasteiger partial charge in [0, 0.05) is 6.54 Å². The van der Waals surface area contributed by atoms with Gasteiger partial charge >= 0.3 is 0 Å². The molecule has 0 saturated carbocycles. The Morgan fingerprint density at radius 1 is 1.05 bits per heavy atom. The molecule has 1 atom stereocenters. The summed E-state index contributed by atoms with van der Waals surface area (Å²) in [5.41, 5.74) is 1.57. The maximum absolute atomic E-state index is 11.1. The van der Waals surface area contributed by atoms with Crippen molar-refractivity contribution in [1.29, 1.82) is 0 Å². The van der Waals surface area contributed by atoms with Gasteiger partial charge in [-0.3, -0.25) is 4.79 Å². The number of benzene rings is 2. The summed E-state index contributed by atoms with van der Waals surface area (Å²) in [7, 11) is 0. The van der Waals surface area contributed by atoms with Crippen molar-refractivity contribution in [3.05, 3.63) is 71.3 Å². The Bertz CT molecular complexity index is 597. The standard InChI is InChI=1S/C16H15NO2/c18-12-17-10-13-6-4-5-9-15(13)16(19,11-17)14-7-2-1-3-8-14/h1-9,12,19H,10-11H2. The quantitative estimate of drug-likeness (QED) is 0.830. The van der Waals surface area contributed by atoms with Gasteiger partial charge in [-0.15, -0.1) is 0 Å². The number of nitrogens with zero attached hydrogens (tertiary/aromatic N) is 1. The van der Waals surface area contributed by atoms with Gasteiger partial charge in [0.2, 0.25) is 6.41 Å². The summed E-state index contributed by atoms with van der Waals surface area (Å²) in [6.45, 7) is 0.840. The molecule has 2 aromatic rings. The maximum atomic E-state index is 11.1. The third-order valence-corrected chi connectivity index (χ3v) is 3.67. The number of amides is 1. The summed E-state index contributed by atoms with van der Waals surface area (Å²) in [4.78, 5) is 12.7. The lowest BCUT2D eigenvalue weighted by atomic mass is 9.80. The molecule has 1 heterocycles. The van der Waals surface area contributed by atoms with E-state index in [0.29, 0.717) is 6.54 Å². The van der Waals surface area contributed by atoms with Gasteiger partial charge in [-0.1, -0.05) is 54.6 Å². The highest BCUT2D eigenvalue weighted by molar-refractivity contribution is 5.53. The Hall–Kier alpha value is -2.13. The van der Waals surface area contributed by atoms with Crippen LogP contribution < -0.4 is 0 Å². The second kappa shape index (κ2) is 4.52. The molecule has 0 aromatic heterocycles. The highest BCUT2D eigenvalue weighted by Crippen LogP contribution is 2.36. The van der Waals surface area contributed by atoms with Crippen LogP contribution in [0.15, 0.2) is 54.6 Å². The van der Waals surface area contributed by atoms with E-state index in [0.717, 1.165) is 23.1 Å². The molecular weight excluding hydrogens is 238 g/mol. The van der Waals surface area contributed by atoms with Gasteiger partial charge < -0.3 is 10.0 Å². The first-order valence-corrected chi connectivity index (χ1v) is 6.30. The summed E-state index contributed by atoms with van der Waals surface area (Å²) < 4.78 is 0. The summed E-state index contributed by atoms with van der Waals surface area (Å²) in [5.74, 6) is 0. The van der Waals surface area contributed by atoms with E-state index in [2.05, 4.69) is 0 Å². The lowest BCUT2D eigenvalue weighted by Gasteiger charge is -2.39. The van der Waals surface area contributed by atoms with Crippen LogP contribution in [0.2, 0.25) is 0 Å². The van der Waals surface area contributed by atoms with Crippen LogP contribution in [0.4, 0.5) is 0 Å². The van der Waals surface area contributed by atoms with E-state index in [9.17, 15) is 9.90 Å². The first-order valence-electron chi connectivity index (χ1n) is 6.30. The average molecular weight is 253 g/mol. The third kappa shape index (κ3) is 1.92. The molecule has 3 rings (SSSR count). The van der Waals surface area contributed by atoms with Crippen molar-refractivity contribution in [3.63, 3.8) is 0 Å². The molecule has 0 bridgehead atoms. The van der Waals surface area contributed by atoms with E-state index in [1.165, 1.54) is 0 Å². The molecule has 1 amide bonds. The van der Waals surface area contributed by atoms with Crippen LogP contribution >= 0.6 is 0 Å². The van der Waals surface area contributed by atoms with Crippen molar-refractivity contribution in [1.82, 2.24) is 4.90 Å². The number of aliphatic hydroxyl groups is 1. The van der Waals surface area contributed by atoms with Crippen LogP contribution in [0, 0.1) is 0 Å². The van der Waals surface area contributed by atoms with Gasteiger partial charge in [-0.25, -0.2) is 0 Å². The average Bonchev–Trinajstić information content (AvgIpc) is 2.48. The second-order valence-electron chi connectivity index (χ2n) is 4.89. The topological polar surface area (TPSA) is 40.5 Å². The van der Waals surface area contributed by atoms with Crippen molar-refractivity contribution in [2.24, 2.45) is 0 Å². The summed E-state index contributed by atoms with van der Waals surface area (Å²) >= 11 is 0. The molecule has 1 N–H and O–H groups in total. The van der Waals surface area contributed by atoms with Crippen molar-refractivity contribution in [3.8, 4) is 0 Å². The summed E-state index contributed by atoms with van der Waals surface area (Å²) in [5, 5.41) is 11.1. The van der Waals surface area contributed by atoms with Crippen molar-refractivity contribution in [2.75, 3.05) is 6.54 Å². The van der Waals surface area contributed by atoms with Gasteiger partial charge in [-0.05, 0) is 16.7 Å². The molecule has 1 aliphatic heterocycles.